The average molecular weight is 388 g/mol. The van der Waals surface area contributed by atoms with Crippen LogP contribution in [0.2, 0.25) is 0 Å². The predicted molar refractivity (Wildman–Crippen MR) is 105 cm³/mol. The molecule has 144 valence electrons. The smallest absolute Gasteiger partial charge is 0.227 e. The van der Waals surface area contributed by atoms with E-state index in [0.717, 1.165) is 17.4 Å². The third-order valence-electron chi connectivity index (χ3n) is 4.39. The molecule has 7 heteroatoms. The van der Waals surface area contributed by atoms with Gasteiger partial charge >= 0.3 is 0 Å². The summed E-state index contributed by atoms with van der Waals surface area (Å²) in [6.07, 6.45) is 1.40. The number of anilines is 1. The quantitative estimate of drug-likeness (QED) is 0.825. The van der Waals surface area contributed by atoms with Gasteiger partial charge < -0.3 is 10.2 Å². The second-order valence-electron chi connectivity index (χ2n) is 6.58. The zero-order valence-corrected chi connectivity index (χ0v) is 16.7. The molecule has 2 amide bonds. The van der Waals surface area contributed by atoms with Crippen LogP contribution < -0.4 is 5.32 Å². The monoisotopic (exact) mass is 388 g/mol. The van der Waals surface area contributed by atoms with Gasteiger partial charge in [0.05, 0.1) is 17.4 Å². The molecule has 1 N–H and O–H groups in total. The van der Waals surface area contributed by atoms with Crippen molar-refractivity contribution in [3.8, 4) is 0 Å². The zero-order chi connectivity index (χ0) is 20.2. The number of benzene rings is 2. The number of amides is 2. The van der Waals surface area contributed by atoms with Crippen LogP contribution >= 0.6 is 0 Å². The van der Waals surface area contributed by atoms with Crippen molar-refractivity contribution in [2.75, 3.05) is 18.6 Å². The summed E-state index contributed by atoms with van der Waals surface area (Å²) >= 11 is 0. The first-order valence-electron chi connectivity index (χ1n) is 8.50. The molecule has 0 heterocycles. The van der Waals surface area contributed by atoms with E-state index in [1.165, 1.54) is 6.92 Å². The number of nitrogens with zero attached hydrogens (tertiary/aromatic N) is 1. The van der Waals surface area contributed by atoms with E-state index in [-0.39, 0.29) is 29.2 Å². The van der Waals surface area contributed by atoms with E-state index < -0.39 is 9.84 Å². The second-order valence-corrected chi connectivity index (χ2v) is 8.59. The van der Waals surface area contributed by atoms with Gasteiger partial charge in [0.2, 0.25) is 11.8 Å². The Kier molecular flexibility index (Phi) is 6.38. The molecule has 2 rings (SSSR count). The average Bonchev–Trinajstić information content (AvgIpc) is 2.61. The molecule has 0 saturated carbocycles. The number of nitrogens with one attached hydrogen (secondary N) is 1. The van der Waals surface area contributed by atoms with Crippen LogP contribution in [0.5, 0.6) is 0 Å². The van der Waals surface area contributed by atoms with Gasteiger partial charge in [-0.2, -0.15) is 0 Å². The van der Waals surface area contributed by atoms with E-state index in [0.29, 0.717) is 5.69 Å². The Hall–Kier alpha value is -2.67. The number of carbonyl (C=O) groups excluding carboxylic acids is 2. The molecule has 1 unspecified atom stereocenters. The highest BCUT2D eigenvalue weighted by Gasteiger charge is 2.18. The first-order valence-corrected chi connectivity index (χ1v) is 10.4. The van der Waals surface area contributed by atoms with Crippen molar-refractivity contribution in [3.05, 3.63) is 59.7 Å². The van der Waals surface area contributed by atoms with E-state index in [1.807, 2.05) is 19.1 Å². The summed E-state index contributed by atoms with van der Waals surface area (Å²) < 4.78 is 23.1. The van der Waals surface area contributed by atoms with Crippen LogP contribution in [-0.4, -0.2) is 38.4 Å². The lowest BCUT2D eigenvalue weighted by Gasteiger charge is -2.25. The van der Waals surface area contributed by atoms with E-state index in [1.54, 1.807) is 48.3 Å². The molecule has 6 nitrogen and oxygen atoms in total. The lowest BCUT2D eigenvalue weighted by Crippen LogP contribution is -2.31. The van der Waals surface area contributed by atoms with Crippen LogP contribution in [0.3, 0.4) is 0 Å². The first kappa shape index (κ1) is 20.6. The lowest BCUT2D eigenvalue weighted by molar-refractivity contribution is -0.131. The number of sulfone groups is 1. The molecule has 0 aliphatic carbocycles. The molecule has 0 saturated heterocycles. The van der Waals surface area contributed by atoms with Crippen molar-refractivity contribution >= 4 is 27.3 Å². The molecule has 0 aromatic heterocycles. The van der Waals surface area contributed by atoms with Gasteiger partial charge in [-0.25, -0.2) is 8.42 Å². The van der Waals surface area contributed by atoms with Gasteiger partial charge in [-0.1, -0.05) is 24.3 Å². The van der Waals surface area contributed by atoms with Crippen LogP contribution in [0.25, 0.3) is 0 Å². The highest BCUT2D eigenvalue weighted by Crippen LogP contribution is 2.22. The molecule has 0 radical (unpaired) electrons. The summed E-state index contributed by atoms with van der Waals surface area (Å²) in [6, 6.07) is 13.5. The van der Waals surface area contributed by atoms with Gasteiger partial charge in [-0.15, -0.1) is 0 Å². The summed E-state index contributed by atoms with van der Waals surface area (Å²) in [4.78, 5) is 25.5. The van der Waals surface area contributed by atoms with Crippen LogP contribution in [0.15, 0.2) is 53.4 Å². The summed E-state index contributed by atoms with van der Waals surface area (Å²) in [7, 11) is -1.52. The zero-order valence-electron chi connectivity index (χ0n) is 15.9. The van der Waals surface area contributed by atoms with Gasteiger partial charge in [0.1, 0.15) is 0 Å². The van der Waals surface area contributed by atoms with Crippen molar-refractivity contribution in [1.82, 2.24) is 4.90 Å². The number of rotatable bonds is 6. The Morgan fingerprint density at radius 3 is 2.07 bits per heavy atom. The Bertz CT molecular complexity index is 919. The lowest BCUT2D eigenvalue weighted by atomic mass is 10.1. The molecule has 27 heavy (non-hydrogen) atoms. The van der Waals surface area contributed by atoms with Crippen molar-refractivity contribution in [3.63, 3.8) is 0 Å². The van der Waals surface area contributed by atoms with Gasteiger partial charge in [0, 0.05) is 25.9 Å². The van der Waals surface area contributed by atoms with Crippen LogP contribution in [0.4, 0.5) is 5.69 Å². The minimum absolute atomic E-state index is 0.0537. The summed E-state index contributed by atoms with van der Waals surface area (Å²) in [5.74, 6) is -0.198. The molecule has 1 atom stereocenters. The van der Waals surface area contributed by atoms with Crippen molar-refractivity contribution in [2.45, 2.75) is 31.2 Å². The summed E-state index contributed by atoms with van der Waals surface area (Å²) in [5, 5.41) is 2.69. The Morgan fingerprint density at radius 1 is 1.04 bits per heavy atom. The standard InChI is InChI=1S/C20H24N2O4S/c1-14(17-7-11-19(12-8-17)27(4,25)26)22(3)20(24)13-16-5-9-18(10-6-16)21-15(2)23/h5-12,14H,13H2,1-4H3,(H,21,23). The molecule has 0 bridgehead atoms. The topological polar surface area (TPSA) is 83.6 Å². The summed E-state index contributed by atoms with van der Waals surface area (Å²) in [6.45, 7) is 3.34. The van der Waals surface area contributed by atoms with Crippen LogP contribution in [0, 0.1) is 0 Å². The number of hydrogen-bond donors (Lipinski definition) is 1. The highest BCUT2D eigenvalue weighted by molar-refractivity contribution is 7.90. The van der Waals surface area contributed by atoms with Gasteiger partial charge in [-0.3, -0.25) is 9.59 Å². The number of likely N-dealkylation sites (N-methyl/N-ethyl adjacent to an activating group) is 1. The second kappa shape index (κ2) is 8.35. The van der Waals surface area contributed by atoms with Gasteiger partial charge in [0.15, 0.2) is 9.84 Å². The van der Waals surface area contributed by atoms with E-state index >= 15 is 0 Å². The van der Waals surface area contributed by atoms with E-state index in [2.05, 4.69) is 5.32 Å². The maximum atomic E-state index is 12.6. The van der Waals surface area contributed by atoms with Crippen LogP contribution in [0.1, 0.15) is 31.0 Å². The minimum atomic E-state index is -3.24. The first-order chi connectivity index (χ1) is 12.6. The molecular weight excluding hydrogens is 364 g/mol. The normalized spacial score (nSPS) is 12.3. The maximum absolute atomic E-state index is 12.6. The predicted octanol–water partition coefficient (Wildman–Crippen LogP) is 2.81. The third-order valence-corrected chi connectivity index (χ3v) is 5.52. The molecule has 2 aromatic rings. The number of carbonyl (C=O) groups is 2. The molecule has 0 spiro atoms. The molecule has 0 fully saturated rings. The molecule has 0 aliphatic rings. The van der Waals surface area contributed by atoms with E-state index in [9.17, 15) is 18.0 Å². The van der Waals surface area contributed by atoms with E-state index in [4.69, 9.17) is 0 Å². The number of hydrogen-bond acceptors (Lipinski definition) is 4. The Morgan fingerprint density at radius 2 is 1.59 bits per heavy atom. The minimum Gasteiger partial charge on any atom is -0.339 e. The van der Waals surface area contributed by atoms with Crippen molar-refractivity contribution in [2.24, 2.45) is 0 Å². The highest BCUT2D eigenvalue weighted by atomic mass is 32.2. The SMILES string of the molecule is CC(=O)Nc1ccc(CC(=O)N(C)C(C)c2ccc(S(C)(=O)=O)cc2)cc1. The maximum Gasteiger partial charge on any atom is 0.227 e. The molecule has 2 aromatic carbocycles. The largest absolute Gasteiger partial charge is 0.339 e. The fraction of sp³-hybridized carbons (Fsp3) is 0.300. The van der Waals surface area contributed by atoms with Crippen molar-refractivity contribution in [1.29, 1.82) is 0 Å². The van der Waals surface area contributed by atoms with Gasteiger partial charge in [-0.05, 0) is 42.3 Å². The fourth-order valence-corrected chi connectivity index (χ4v) is 3.27. The third kappa shape index (κ3) is 5.65. The molecular formula is C20H24N2O4S. The fourth-order valence-electron chi connectivity index (χ4n) is 2.64. The van der Waals surface area contributed by atoms with Crippen LogP contribution in [-0.2, 0) is 25.8 Å². The Labute approximate surface area is 160 Å². The van der Waals surface area contributed by atoms with Gasteiger partial charge in [0.25, 0.3) is 0 Å². The summed E-state index contributed by atoms with van der Waals surface area (Å²) in [5.41, 5.74) is 2.39. The molecule has 0 aliphatic heterocycles. The van der Waals surface area contributed by atoms with Crippen molar-refractivity contribution < 1.29 is 18.0 Å². The Balaban J connectivity index is 2.04.